The third-order valence-electron chi connectivity index (χ3n) is 4.04. The van der Waals surface area contributed by atoms with E-state index >= 15 is 0 Å². The lowest BCUT2D eigenvalue weighted by molar-refractivity contribution is 0.102. The first-order valence-electron chi connectivity index (χ1n) is 8.89. The molecule has 0 unspecified atom stereocenters. The molecule has 1 amide bonds. The van der Waals surface area contributed by atoms with E-state index in [-0.39, 0.29) is 11.6 Å². The standard InChI is InChI=1S/C21H21ClN4O2/c1-4-28-19-11-6-5-9-17(19)24-20(27)18-12-13(2)23-21(26-18)25-16-10-7-8-15(22)14(16)3/h5-12H,4H2,1-3H3,(H,24,27)(H,23,25,26). The normalized spacial score (nSPS) is 10.4. The third-order valence-corrected chi connectivity index (χ3v) is 4.45. The highest BCUT2D eigenvalue weighted by molar-refractivity contribution is 6.31. The van der Waals surface area contributed by atoms with Crippen LogP contribution in [0.5, 0.6) is 5.75 Å². The number of carbonyl (C=O) groups excluding carboxylic acids is 1. The van der Waals surface area contributed by atoms with E-state index in [1.165, 1.54) is 0 Å². The number of anilines is 3. The van der Waals surface area contributed by atoms with Gasteiger partial charge < -0.3 is 15.4 Å². The molecule has 0 saturated carbocycles. The van der Waals surface area contributed by atoms with Gasteiger partial charge in [-0.3, -0.25) is 4.79 Å². The summed E-state index contributed by atoms with van der Waals surface area (Å²) in [5.41, 5.74) is 3.17. The van der Waals surface area contributed by atoms with Crippen molar-refractivity contribution in [2.24, 2.45) is 0 Å². The van der Waals surface area contributed by atoms with E-state index in [9.17, 15) is 4.79 Å². The monoisotopic (exact) mass is 396 g/mol. The third kappa shape index (κ3) is 4.58. The molecule has 0 atom stereocenters. The Bertz CT molecular complexity index is 1010. The number of hydrogen-bond donors (Lipinski definition) is 2. The molecule has 144 valence electrons. The van der Waals surface area contributed by atoms with Gasteiger partial charge in [0.1, 0.15) is 11.4 Å². The fourth-order valence-electron chi connectivity index (χ4n) is 2.64. The van der Waals surface area contributed by atoms with Crippen molar-refractivity contribution in [2.45, 2.75) is 20.8 Å². The largest absolute Gasteiger partial charge is 0.492 e. The Hall–Kier alpha value is -3.12. The molecule has 2 N–H and O–H groups in total. The van der Waals surface area contributed by atoms with Gasteiger partial charge in [0, 0.05) is 16.4 Å². The van der Waals surface area contributed by atoms with Gasteiger partial charge in [0.15, 0.2) is 0 Å². The van der Waals surface area contributed by atoms with E-state index < -0.39 is 0 Å². The summed E-state index contributed by atoms with van der Waals surface area (Å²) < 4.78 is 5.55. The number of rotatable bonds is 6. The lowest BCUT2D eigenvalue weighted by atomic mass is 10.2. The number of aryl methyl sites for hydroxylation is 1. The van der Waals surface area contributed by atoms with E-state index in [1.807, 2.05) is 51.1 Å². The number of halogens is 1. The molecule has 3 rings (SSSR count). The van der Waals surface area contributed by atoms with Crippen LogP contribution in [0.25, 0.3) is 0 Å². The number of aromatic nitrogens is 2. The van der Waals surface area contributed by atoms with E-state index in [4.69, 9.17) is 16.3 Å². The van der Waals surface area contributed by atoms with Crippen LogP contribution >= 0.6 is 11.6 Å². The number of amides is 1. The molecule has 3 aromatic rings. The van der Waals surface area contributed by atoms with Gasteiger partial charge in [0.25, 0.3) is 5.91 Å². The molecule has 6 nitrogen and oxygen atoms in total. The van der Waals surface area contributed by atoms with Crippen LogP contribution < -0.4 is 15.4 Å². The Labute approximate surface area is 168 Å². The average molecular weight is 397 g/mol. The number of carbonyl (C=O) groups is 1. The van der Waals surface area contributed by atoms with E-state index in [0.29, 0.717) is 34.7 Å². The van der Waals surface area contributed by atoms with E-state index in [2.05, 4.69) is 20.6 Å². The summed E-state index contributed by atoms with van der Waals surface area (Å²) in [5, 5.41) is 6.62. The first-order chi connectivity index (χ1) is 13.5. The topological polar surface area (TPSA) is 76.1 Å². The van der Waals surface area contributed by atoms with Crippen molar-refractivity contribution < 1.29 is 9.53 Å². The predicted octanol–water partition coefficient (Wildman–Crippen LogP) is 5.14. The van der Waals surface area contributed by atoms with Crippen molar-refractivity contribution in [3.63, 3.8) is 0 Å². The van der Waals surface area contributed by atoms with Crippen molar-refractivity contribution in [1.29, 1.82) is 0 Å². The molecule has 1 heterocycles. The van der Waals surface area contributed by atoms with Gasteiger partial charge >= 0.3 is 0 Å². The molecule has 0 radical (unpaired) electrons. The Morgan fingerprint density at radius 3 is 2.61 bits per heavy atom. The smallest absolute Gasteiger partial charge is 0.274 e. The molecular weight excluding hydrogens is 376 g/mol. The number of ether oxygens (including phenoxy) is 1. The van der Waals surface area contributed by atoms with Crippen molar-refractivity contribution in [2.75, 3.05) is 17.2 Å². The number of para-hydroxylation sites is 2. The minimum Gasteiger partial charge on any atom is -0.492 e. The second-order valence-corrected chi connectivity index (χ2v) is 6.55. The van der Waals surface area contributed by atoms with Crippen LogP contribution in [0.1, 0.15) is 28.7 Å². The summed E-state index contributed by atoms with van der Waals surface area (Å²) in [7, 11) is 0. The van der Waals surface area contributed by atoms with Crippen molar-refractivity contribution in [3.8, 4) is 5.75 Å². The van der Waals surface area contributed by atoms with Gasteiger partial charge in [-0.1, -0.05) is 29.8 Å². The van der Waals surface area contributed by atoms with Crippen molar-refractivity contribution >= 4 is 34.8 Å². The zero-order valence-corrected chi connectivity index (χ0v) is 16.7. The second-order valence-electron chi connectivity index (χ2n) is 6.14. The lowest BCUT2D eigenvalue weighted by Gasteiger charge is -2.13. The Morgan fingerprint density at radius 2 is 1.82 bits per heavy atom. The Balaban J connectivity index is 1.85. The lowest BCUT2D eigenvalue weighted by Crippen LogP contribution is -2.16. The van der Waals surface area contributed by atoms with Gasteiger partial charge in [-0.25, -0.2) is 9.97 Å². The molecular formula is C21H21ClN4O2. The molecule has 0 aliphatic carbocycles. The Morgan fingerprint density at radius 1 is 1.07 bits per heavy atom. The molecule has 7 heteroatoms. The van der Waals surface area contributed by atoms with Crippen LogP contribution in [0.15, 0.2) is 48.5 Å². The van der Waals surface area contributed by atoms with Crippen LogP contribution in [0.2, 0.25) is 5.02 Å². The molecule has 0 saturated heterocycles. The number of nitrogens with one attached hydrogen (secondary N) is 2. The molecule has 0 aliphatic rings. The quantitative estimate of drug-likeness (QED) is 0.603. The predicted molar refractivity (Wildman–Crippen MR) is 112 cm³/mol. The van der Waals surface area contributed by atoms with Gasteiger partial charge in [0.2, 0.25) is 5.95 Å². The van der Waals surface area contributed by atoms with Gasteiger partial charge in [-0.05, 0) is 56.7 Å². The fourth-order valence-corrected chi connectivity index (χ4v) is 2.82. The maximum absolute atomic E-state index is 12.7. The van der Waals surface area contributed by atoms with Crippen molar-refractivity contribution in [3.05, 3.63) is 70.5 Å². The van der Waals surface area contributed by atoms with Gasteiger partial charge in [0.05, 0.1) is 12.3 Å². The first-order valence-corrected chi connectivity index (χ1v) is 9.26. The highest BCUT2D eigenvalue weighted by Gasteiger charge is 2.14. The Kier molecular flexibility index (Phi) is 6.11. The molecule has 2 aromatic carbocycles. The first kappa shape index (κ1) is 19.6. The average Bonchev–Trinajstić information content (AvgIpc) is 2.67. The summed E-state index contributed by atoms with van der Waals surface area (Å²) in [6, 6.07) is 14.4. The number of hydrogen-bond acceptors (Lipinski definition) is 5. The zero-order chi connectivity index (χ0) is 20.1. The number of benzene rings is 2. The minimum absolute atomic E-state index is 0.251. The van der Waals surface area contributed by atoms with Crippen molar-refractivity contribution in [1.82, 2.24) is 9.97 Å². The summed E-state index contributed by atoms with van der Waals surface area (Å²) in [5.74, 6) is 0.592. The fraction of sp³-hybridized carbons (Fsp3) is 0.190. The van der Waals surface area contributed by atoms with Crippen LogP contribution in [0.3, 0.4) is 0 Å². The molecule has 1 aromatic heterocycles. The molecule has 0 spiro atoms. The van der Waals surface area contributed by atoms with E-state index in [1.54, 1.807) is 18.2 Å². The molecule has 0 aliphatic heterocycles. The maximum Gasteiger partial charge on any atom is 0.274 e. The second kappa shape index (κ2) is 8.71. The number of nitrogens with zero attached hydrogens (tertiary/aromatic N) is 2. The zero-order valence-electron chi connectivity index (χ0n) is 15.9. The maximum atomic E-state index is 12.7. The van der Waals surface area contributed by atoms with Crippen LogP contribution in [0.4, 0.5) is 17.3 Å². The summed E-state index contributed by atoms with van der Waals surface area (Å²) in [6.07, 6.45) is 0. The molecule has 28 heavy (non-hydrogen) atoms. The summed E-state index contributed by atoms with van der Waals surface area (Å²) >= 11 is 6.17. The SMILES string of the molecule is CCOc1ccccc1NC(=O)c1cc(C)nc(Nc2cccc(Cl)c2C)n1. The minimum atomic E-state index is -0.344. The summed E-state index contributed by atoms with van der Waals surface area (Å²) in [6.45, 7) is 6.11. The van der Waals surface area contributed by atoms with Crippen LogP contribution in [0, 0.1) is 13.8 Å². The highest BCUT2D eigenvalue weighted by atomic mass is 35.5. The van der Waals surface area contributed by atoms with Crippen LogP contribution in [-0.4, -0.2) is 22.5 Å². The molecule has 0 fully saturated rings. The van der Waals surface area contributed by atoms with Gasteiger partial charge in [-0.15, -0.1) is 0 Å². The summed E-state index contributed by atoms with van der Waals surface area (Å²) in [4.78, 5) is 21.5. The van der Waals surface area contributed by atoms with E-state index in [0.717, 1.165) is 11.3 Å². The van der Waals surface area contributed by atoms with Gasteiger partial charge in [-0.2, -0.15) is 0 Å². The highest BCUT2D eigenvalue weighted by Crippen LogP contribution is 2.26. The molecule has 0 bridgehead atoms. The van der Waals surface area contributed by atoms with Crippen LogP contribution in [-0.2, 0) is 0 Å².